The van der Waals surface area contributed by atoms with E-state index in [-0.39, 0.29) is 0 Å². The number of aromatic nitrogens is 1. The van der Waals surface area contributed by atoms with E-state index in [0.29, 0.717) is 5.75 Å². The highest BCUT2D eigenvalue weighted by Crippen LogP contribution is 2.25. The Kier molecular flexibility index (Phi) is 2.40. The van der Waals surface area contributed by atoms with E-state index >= 15 is 0 Å². The number of hydrogen-bond donors (Lipinski definition) is 0. The van der Waals surface area contributed by atoms with Crippen LogP contribution in [0, 0.1) is 6.92 Å². The van der Waals surface area contributed by atoms with Crippen LogP contribution in [0.4, 0.5) is 0 Å². The van der Waals surface area contributed by atoms with Crippen molar-refractivity contribution in [2.45, 2.75) is 6.92 Å². The lowest BCUT2D eigenvalue weighted by Crippen LogP contribution is -2.05. The third-order valence-corrected chi connectivity index (χ3v) is 3.16. The second kappa shape index (κ2) is 3.46. The number of rotatable bonds is 2. The van der Waals surface area contributed by atoms with E-state index in [9.17, 15) is 8.42 Å². The lowest BCUT2D eigenvalue weighted by atomic mass is 10.3. The average molecular weight is 243 g/mol. The van der Waals surface area contributed by atoms with Crippen LogP contribution in [-0.4, -0.2) is 19.7 Å². The Labute approximate surface area is 91.7 Å². The monoisotopic (exact) mass is 243 g/mol. The van der Waals surface area contributed by atoms with Crippen molar-refractivity contribution in [2.24, 2.45) is 0 Å². The van der Waals surface area contributed by atoms with Crippen molar-refractivity contribution >= 4 is 31.7 Å². The summed E-state index contributed by atoms with van der Waals surface area (Å²) in [6.07, 6.45) is 1.02. The van der Waals surface area contributed by atoms with Gasteiger partial charge in [-0.15, -0.1) is 11.3 Å². The molecule has 0 amide bonds. The van der Waals surface area contributed by atoms with Crippen LogP contribution in [-0.2, 0) is 10.1 Å². The molecule has 0 aliphatic carbocycles. The average Bonchev–Trinajstić information content (AvgIpc) is 2.40. The Morgan fingerprint density at radius 2 is 2.13 bits per heavy atom. The molecule has 0 aliphatic heterocycles. The molecular weight excluding hydrogens is 234 g/mol. The lowest BCUT2D eigenvalue weighted by Gasteiger charge is -2.01. The highest BCUT2D eigenvalue weighted by molar-refractivity contribution is 7.86. The van der Waals surface area contributed by atoms with Gasteiger partial charge in [-0.05, 0) is 19.1 Å². The Bertz CT molecular complexity index is 601. The Morgan fingerprint density at radius 1 is 1.40 bits per heavy atom. The summed E-state index contributed by atoms with van der Waals surface area (Å²) < 4.78 is 27.6. The molecule has 0 N–H and O–H groups in total. The molecule has 4 nitrogen and oxygen atoms in total. The molecule has 0 unspecified atom stereocenters. The molecular formula is C9H9NO3S2. The molecule has 6 heteroatoms. The van der Waals surface area contributed by atoms with Gasteiger partial charge in [0.05, 0.1) is 21.5 Å². The van der Waals surface area contributed by atoms with Gasteiger partial charge < -0.3 is 4.18 Å². The van der Waals surface area contributed by atoms with Crippen LogP contribution in [0.5, 0.6) is 5.75 Å². The smallest absolute Gasteiger partial charge is 0.306 e. The van der Waals surface area contributed by atoms with E-state index in [1.165, 1.54) is 0 Å². The van der Waals surface area contributed by atoms with Gasteiger partial charge in [0.25, 0.3) is 0 Å². The molecule has 0 radical (unpaired) electrons. The van der Waals surface area contributed by atoms with Crippen molar-refractivity contribution in [3.05, 3.63) is 23.2 Å². The number of fused-ring (bicyclic) bond motifs is 1. The molecule has 0 fully saturated rings. The molecule has 0 bridgehead atoms. The molecule has 1 aromatic carbocycles. The van der Waals surface area contributed by atoms with Gasteiger partial charge >= 0.3 is 10.1 Å². The molecule has 0 atom stereocenters. The van der Waals surface area contributed by atoms with Gasteiger partial charge in [0.2, 0.25) is 0 Å². The van der Waals surface area contributed by atoms with E-state index in [2.05, 4.69) is 4.98 Å². The van der Waals surface area contributed by atoms with Crippen LogP contribution in [0.25, 0.3) is 10.2 Å². The third-order valence-electron chi connectivity index (χ3n) is 1.71. The van der Waals surface area contributed by atoms with E-state index in [1.807, 2.05) is 6.92 Å². The van der Waals surface area contributed by atoms with Gasteiger partial charge in [-0.2, -0.15) is 8.42 Å². The minimum Gasteiger partial charge on any atom is -0.383 e. The summed E-state index contributed by atoms with van der Waals surface area (Å²) in [5.41, 5.74) is 0.763. The first-order valence-corrected chi connectivity index (χ1v) is 6.84. The van der Waals surface area contributed by atoms with Gasteiger partial charge in [-0.1, -0.05) is 0 Å². The third kappa shape index (κ3) is 2.45. The van der Waals surface area contributed by atoms with Gasteiger partial charge in [0, 0.05) is 6.07 Å². The number of thiazole rings is 1. The maximum atomic E-state index is 10.9. The fourth-order valence-electron chi connectivity index (χ4n) is 1.25. The van der Waals surface area contributed by atoms with Crippen molar-refractivity contribution < 1.29 is 12.6 Å². The molecule has 0 aliphatic rings. The lowest BCUT2D eigenvalue weighted by molar-refractivity contribution is 0.493. The quantitative estimate of drug-likeness (QED) is 0.756. The summed E-state index contributed by atoms with van der Waals surface area (Å²) in [7, 11) is -3.46. The van der Waals surface area contributed by atoms with Crippen LogP contribution in [0.2, 0.25) is 0 Å². The van der Waals surface area contributed by atoms with Crippen LogP contribution < -0.4 is 4.18 Å². The molecule has 0 saturated carbocycles. The van der Waals surface area contributed by atoms with Crippen LogP contribution in [0.3, 0.4) is 0 Å². The second-order valence-electron chi connectivity index (χ2n) is 3.15. The van der Waals surface area contributed by atoms with Gasteiger partial charge in [0.1, 0.15) is 5.75 Å². The SMILES string of the molecule is Cc1nc2cc(OS(C)(=O)=O)ccc2s1. The maximum Gasteiger partial charge on any atom is 0.306 e. The number of hydrogen-bond acceptors (Lipinski definition) is 5. The summed E-state index contributed by atoms with van der Waals surface area (Å²) in [5, 5.41) is 0.946. The molecule has 80 valence electrons. The first kappa shape index (κ1) is 10.4. The van der Waals surface area contributed by atoms with Crippen LogP contribution >= 0.6 is 11.3 Å². The van der Waals surface area contributed by atoms with Gasteiger partial charge in [-0.3, -0.25) is 0 Å². The standard InChI is InChI=1S/C9H9NO3S2/c1-6-10-8-5-7(13-15(2,11)12)3-4-9(8)14-6/h3-5H,1-2H3. The molecule has 2 aromatic rings. The van der Waals surface area contributed by atoms with E-state index in [4.69, 9.17) is 4.18 Å². The van der Waals surface area contributed by atoms with Gasteiger partial charge in [-0.25, -0.2) is 4.98 Å². The number of aryl methyl sites for hydroxylation is 1. The topological polar surface area (TPSA) is 56.3 Å². The van der Waals surface area contributed by atoms with Crippen LogP contribution in [0.15, 0.2) is 18.2 Å². The highest BCUT2D eigenvalue weighted by atomic mass is 32.2. The summed E-state index contributed by atoms with van der Waals surface area (Å²) in [6, 6.07) is 5.06. The van der Waals surface area contributed by atoms with E-state index in [0.717, 1.165) is 21.5 Å². The van der Waals surface area contributed by atoms with Crippen molar-refractivity contribution in [1.82, 2.24) is 4.98 Å². The summed E-state index contributed by atoms with van der Waals surface area (Å²) >= 11 is 1.56. The molecule has 0 spiro atoms. The zero-order chi connectivity index (χ0) is 11.1. The van der Waals surface area contributed by atoms with Crippen molar-refractivity contribution in [3.8, 4) is 5.75 Å². The zero-order valence-corrected chi connectivity index (χ0v) is 9.85. The number of benzene rings is 1. The van der Waals surface area contributed by atoms with E-state index < -0.39 is 10.1 Å². The fourth-order valence-corrected chi connectivity index (χ4v) is 2.51. The van der Waals surface area contributed by atoms with Crippen molar-refractivity contribution in [3.63, 3.8) is 0 Å². The summed E-state index contributed by atoms with van der Waals surface area (Å²) in [6.45, 7) is 1.90. The minimum absolute atomic E-state index is 0.301. The maximum absolute atomic E-state index is 10.9. The molecule has 1 heterocycles. The predicted molar refractivity (Wildman–Crippen MR) is 59.8 cm³/mol. The fraction of sp³-hybridized carbons (Fsp3) is 0.222. The summed E-state index contributed by atoms with van der Waals surface area (Å²) in [5.74, 6) is 0.301. The Morgan fingerprint density at radius 3 is 2.80 bits per heavy atom. The Balaban J connectivity index is 2.47. The normalized spacial score (nSPS) is 11.9. The van der Waals surface area contributed by atoms with Crippen LogP contribution in [0.1, 0.15) is 5.01 Å². The largest absolute Gasteiger partial charge is 0.383 e. The predicted octanol–water partition coefficient (Wildman–Crippen LogP) is 1.94. The molecule has 0 saturated heterocycles. The van der Waals surface area contributed by atoms with Gasteiger partial charge in [0.15, 0.2) is 0 Å². The highest BCUT2D eigenvalue weighted by Gasteiger charge is 2.06. The first-order valence-electron chi connectivity index (χ1n) is 4.21. The minimum atomic E-state index is -3.46. The zero-order valence-electron chi connectivity index (χ0n) is 8.22. The molecule has 15 heavy (non-hydrogen) atoms. The molecule has 2 rings (SSSR count). The first-order chi connectivity index (χ1) is 6.94. The van der Waals surface area contributed by atoms with E-state index in [1.54, 1.807) is 29.5 Å². The second-order valence-corrected chi connectivity index (χ2v) is 5.96. The molecule has 1 aromatic heterocycles. The number of nitrogens with zero attached hydrogens (tertiary/aromatic N) is 1. The van der Waals surface area contributed by atoms with Crippen molar-refractivity contribution in [2.75, 3.05) is 6.26 Å². The van der Waals surface area contributed by atoms with Crippen molar-refractivity contribution in [1.29, 1.82) is 0 Å². The Hall–Kier alpha value is -1.14. The summed E-state index contributed by atoms with van der Waals surface area (Å²) in [4.78, 5) is 4.25.